The van der Waals surface area contributed by atoms with E-state index in [9.17, 15) is 4.79 Å². The molecule has 0 aliphatic rings. The van der Waals surface area contributed by atoms with Crippen LogP contribution >= 0.6 is 0 Å². The first-order valence-corrected chi connectivity index (χ1v) is 6.73. The van der Waals surface area contributed by atoms with E-state index in [2.05, 4.69) is 15.6 Å². The summed E-state index contributed by atoms with van der Waals surface area (Å²) >= 11 is 0. The summed E-state index contributed by atoms with van der Waals surface area (Å²) in [5.41, 5.74) is 2.52. The number of hydrogen-bond donors (Lipinski definition) is 2. The molecule has 0 bridgehead atoms. The van der Waals surface area contributed by atoms with Gasteiger partial charge in [0.25, 0.3) is 0 Å². The van der Waals surface area contributed by atoms with Gasteiger partial charge < -0.3 is 15.4 Å². The van der Waals surface area contributed by atoms with Crippen molar-refractivity contribution in [2.24, 2.45) is 0 Å². The van der Waals surface area contributed by atoms with Crippen LogP contribution in [0.2, 0.25) is 0 Å². The molecule has 110 valence electrons. The molecule has 2 rings (SSSR count). The summed E-state index contributed by atoms with van der Waals surface area (Å²) in [6, 6.07) is 11.5. The number of anilines is 2. The summed E-state index contributed by atoms with van der Waals surface area (Å²) in [7, 11) is 1.58. The van der Waals surface area contributed by atoms with Gasteiger partial charge in [-0.15, -0.1) is 0 Å². The molecule has 0 fully saturated rings. The average molecular weight is 285 g/mol. The number of aromatic nitrogens is 1. The summed E-state index contributed by atoms with van der Waals surface area (Å²) < 4.78 is 5.30. The number of rotatable bonds is 5. The second-order valence-electron chi connectivity index (χ2n) is 4.72. The predicted octanol–water partition coefficient (Wildman–Crippen LogP) is 3.22. The van der Waals surface area contributed by atoms with Crippen molar-refractivity contribution < 1.29 is 9.53 Å². The Kier molecular flexibility index (Phi) is 4.77. The molecule has 5 heteroatoms. The van der Waals surface area contributed by atoms with Crippen LogP contribution in [0, 0.1) is 0 Å². The van der Waals surface area contributed by atoms with Crippen molar-refractivity contribution in [2.75, 3.05) is 17.7 Å². The third-order valence-corrected chi connectivity index (χ3v) is 3.03. The highest BCUT2D eigenvalue weighted by Crippen LogP contribution is 2.29. The number of ether oxygens (including phenoxy) is 1. The quantitative estimate of drug-likeness (QED) is 0.885. The van der Waals surface area contributed by atoms with Gasteiger partial charge in [0.05, 0.1) is 24.5 Å². The zero-order valence-corrected chi connectivity index (χ0v) is 12.4. The van der Waals surface area contributed by atoms with Crippen LogP contribution < -0.4 is 15.4 Å². The maximum absolute atomic E-state index is 11.1. The molecular weight excluding hydrogens is 266 g/mol. The molecule has 5 nitrogen and oxygen atoms in total. The van der Waals surface area contributed by atoms with Crippen LogP contribution in [-0.4, -0.2) is 18.0 Å². The van der Waals surface area contributed by atoms with Crippen LogP contribution in [-0.2, 0) is 4.79 Å². The fourth-order valence-electron chi connectivity index (χ4n) is 2.03. The molecule has 1 unspecified atom stereocenters. The van der Waals surface area contributed by atoms with Gasteiger partial charge >= 0.3 is 0 Å². The van der Waals surface area contributed by atoms with Crippen molar-refractivity contribution in [3.8, 4) is 5.75 Å². The summed E-state index contributed by atoms with van der Waals surface area (Å²) in [6.07, 6.45) is 1.77. The van der Waals surface area contributed by atoms with E-state index in [1.807, 2.05) is 43.3 Å². The van der Waals surface area contributed by atoms with Crippen molar-refractivity contribution in [3.05, 3.63) is 48.3 Å². The molecule has 0 aliphatic carbocycles. The summed E-state index contributed by atoms with van der Waals surface area (Å²) in [4.78, 5) is 15.5. The van der Waals surface area contributed by atoms with E-state index in [-0.39, 0.29) is 11.9 Å². The largest absolute Gasteiger partial charge is 0.494 e. The molecule has 2 aromatic rings. The average Bonchev–Trinajstić information content (AvgIpc) is 2.49. The van der Waals surface area contributed by atoms with Crippen molar-refractivity contribution in [1.82, 2.24) is 4.98 Å². The Labute approximate surface area is 124 Å². The van der Waals surface area contributed by atoms with Crippen molar-refractivity contribution in [2.45, 2.75) is 19.9 Å². The lowest BCUT2D eigenvalue weighted by molar-refractivity contribution is -0.114. The minimum Gasteiger partial charge on any atom is -0.494 e. The number of nitrogens with zero attached hydrogens (tertiary/aromatic N) is 1. The highest BCUT2D eigenvalue weighted by atomic mass is 16.5. The number of pyridine rings is 1. The zero-order chi connectivity index (χ0) is 15.2. The molecule has 1 atom stereocenters. The molecule has 0 aliphatic heterocycles. The highest BCUT2D eigenvalue weighted by Gasteiger charge is 2.09. The standard InChI is InChI=1S/C16H19N3O2/c1-11(14-6-4-5-9-17-14)18-13-7-8-15(19-12(2)20)16(10-13)21-3/h4-11,18H,1-3H3,(H,19,20). The third-order valence-electron chi connectivity index (χ3n) is 3.03. The van der Waals surface area contributed by atoms with E-state index in [1.165, 1.54) is 6.92 Å². The monoisotopic (exact) mass is 285 g/mol. The van der Waals surface area contributed by atoms with Crippen LogP contribution in [0.5, 0.6) is 5.75 Å². The molecule has 1 aromatic heterocycles. The van der Waals surface area contributed by atoms with Crippen LogP contribution in [0.3, 0.4) is 0 Å². The van der Waals surface area contributed by atoms with Crippen LogP contribution in [0.25, 0.3) is 0 Å². The van der Waals surface area contributed by atoms with Gasteiger partial charge in [0.15, 0.2) is 0 Å². The Bertz CT molecular complexity index is 614. The lowest BCUT2D eigenvalue weighted by Gasteiger charge is -2.16. The maximum Gasteiger partial charge on any atom is 0.221 e. The number of benzene rings is 1. The van der Waals surface area contributed by atoms with Crippen molar-refractivity contribution >= 4 is 17.3 Å². The first-order chi connectivity index (χ1) is 10.1. The minimum atomic E-state index is -0.129. The van der Waals surface area contributed by atoms with Gasteiger partial charge in [0.1, 0.15) is 5.75 Å². The predicted molar refractivity (Wildman–Crippen MR) is 83.6 cm³/mol. The molecule has 0 saturated carbocycles. The van der Waals surface area contributed by atoms with Crippen molar-refractivity contribution in [3.63, 3.8) is 0 Å². The van der Waals surface area contributed by atoms with E-state index < -0.39 is 0 Å². The van der Waals surface area contributed by atoms with E-state index in [4.69, 9.17) is 4.74 Å². The fraction of sp³-hybridized carbons (Fsp3) is 0.250. The second-order valence-corrected chi connectivity index (χ2v) is 4.72. The number of carbonyl (C=O) groups excluding carboxylic acids is 1. The molecule has 0 saturated heterocycles. The van der Waals surface area contributed by atoms with Gasteiger partial charge in [-0.3, -0.25) is 9.78 Å². The number of nitrogens with one attached hydrogen (secondary N) is 2. The summed E-state index contributed by atoms with van der Waals surface area (Å²) in [5.74, 6) is 0.485. The molecule has 0 radical (unpaired) electrons. The Morgan fingerprint density at radius 1 is 1.29 bits per heavy atom. The molecule has 1 amide bonds. The number of methoxy groups -OCH3 is 1. The van der Waals surface area contributed by atoms with Gasteiger partial charge in [-0.2, -0.15) is 0 Å². The molecule has 1 aromatic carbocycles. The van der Waals surface area contributed by atoms with Gasteiger partial charge in [0, 0.05) is 24.9 Å². The first-order valence-electron chi connectivity index (χ1n) is 6.73. The van der Waals surface area contributed by atoms with E-state index in [0.717, 1.165) is 11.4 Å². The lowest BCUT2D eigenvalue weighted by Crippen LogP contribution is -2.10. The SMILES string of the molecule is COc1cc(NC(C)c2ccccn2)ccc1NC(C)=O. The fourth-order valence-corrected chi connectivity index (χ4v) is 2.03. The van der Waals surface area contributed by atoms with Gasteiger partial charge in [-0.25, -0.2) is 0 Å². The lowest BCUT2D eigenvalue weighted by atomic mass is 10.2. The smallest absolute Gasteiger partial charge is 0.221 e. The summed E-state index contributed by atoms with van der Waals surface area (Å²) in [5, 5.41) is 6.09. The topological polar surface area (TPSA) is 63.2 Å². The molecule has 2 N–H and O–H groups in total. The third kappa shape index (κ3) is 3.95. The van der Waals surface area contributed by atoms with Gasteiger partial charge in [-0.1, -0.05) is 6.07 Å². The second kappa shape index (κ2) is 6.74. The Morgan fingerprint density at radius 2 is 2.10 bits per heavy atom. The number of hydrogen-bond acceptors (Lipinski definition) is 4. The van der Waals surface area contributed by atoms with Crippen LogP contribution in [0.15, 0.2) is 42.6 Å². The minimum absolute atomic E-state index is 0.0718. The highest BCUT2D eigenvalue weighted by molar-refractivity contribution is 5.90. The Balaban J connectivity index is 2.15. The zero-order valence-electron chi connectivity index (χ0n) is 12.4. The first kappa shape index (κ1) is 14.8. The van der Waals surface area contributed by atoms with Gasteiger partial charge in [0.2, 0.25) is 5.91 Å². The molecule has 0 spiro atoms. The van der Waals surface area contributed by atoms with E-state index in [1.54, 1.807) is 13.3 Å². The van der Waals surface area contributed by atoms with Crippen LogP contribution in [0.1, 0.15) is 25.6 Å². The maximum atomic E-state index is 11.1. The van der Waals surface area contributed by atoms with E-state index in [0.29, 0.717) is 11.4 Å². The van der Waals surface area contributed by atoms with Crippen LogP contribution in [0.4, 0.5) is 11.4 Å². The number of amides is 1. The molecule has 1 heterocycles. The Hall–Kier alpha value is -2.56. The molecule has 21 heavy (non-hydrogen) atoms. The molecular formula is C16H19N3O2. The summed E-state index contributed by atoms with van der Waals surface area (Å²) in [6.45, 7) is 3.51. The normalized spacial score (nSPS) is 11.6. The number of carbonyl (C=O) groups is 1. The van der Waals surface area contributed by atoms with Gasteiger partial charge in [-0.05, 0) is 31.2 Å². The Morgan fingerprint density at radius 3 is 2.71 bits per heavy atom. The van der Waals surface area contributed by atoms with Crippen molar-refractivity contribution in [1.29, 1.82) is 0 Å². The van der Waals surface area contributed by atoms with E-state index >= 15 is 0 Å².